The summed E-state index contributed by atoms with van der Waals surface area (Å²) >= 11 is 0. The first-order chi connectivity index (χ1) is 13.1. The first kappa shape index (κ1) is 17.0. The summed E-state index contributed by atoms with van der Waals surface area (Å²) in [7, 11) is 0. The Balaban J connectivity index is 1.73. The Morgan fingerprint density at radius 1 is 1.22 bits per heavy atom. The Morgan fingerprint density at radius 3 is 2.74 bits per heavy atom. The van der Waals surface area contributed by atoms with E-state index in [4.69, 9.17) is 4.74 Å². The molecule has 1 N–H and O–H groups in total. The second-order valence-corrected chi connectivity index (χ2v) is 6.18. The monoisotopic (exact) mass is 362 g/mol. The van der Waals surface area contributed by atoms with Gasteiger partial charge in [0, 0.05) is 11.8 Å². The molecule has 1 aromatic carbocycles. The lowest BCUT2D eigenvalue weighted by Crippen LogP contribution is -2.17. The molecule has 4 rings (SSSR count). The average molecular weight is 362 g/mol. The van der Waals surface area contributed by atoms with E-state index in [1.807, 2.05) is 24.4 Å². The van der Waals surface area contributed by atoms with E-state index in [9.17, 15) is 9.59 Å². The minimum absolute atomic E-state index is 0.102. The van der Waals surface area contributed by atoms with Crippen LogP contribution in [-0.2, 0) is 4.74 Å². The normalized spacial score (nSPS) is 16.3. The van der Waals surface area contributed by atoms with Gasteiger partial charge in [0.1, 0.15) is 23.2 Å². The molecule has 136 valence electrons. The number of aromatic nitrogens is 2. The molecule has 7 nitrogen and oxygen atoms in total. The van der Waals surface area contributed by atoms with E-state index < -0.39 is 6.04 Å². The summed E-state index contributed by atoms with van der Waals surface area (Å²) in [5.41, 5.74) is 2.40. The minimum atomic E-state index is -0.557. The largest absolute Gasteiger partial charge is 0.462 e. The number of rotatable bonds is 3. The third-order valence-electron chi connectivity index (χ3n) is 4.37. The number of Topliss-reactive ketones (excluding diaryl/α,β-unsaturated/α-hetero) is 1. The third-order valence-corrected chi connectivity index (χ3v) is 4.37. The Morgan fingerprint density at radius 2 is 2.00 bits per heavy atom. The second kappa shape index (κ2) is 6.68. The maximum absolute atomic E-state index is 12.8. The van der Waals surface area contributed by atoms with Crippen LogP contribution in [0.5, 0.6) is 0 Å². The summed E-state index contributed by atoms with van der Waals surface area (Å²) in [6, 6.07) is 11.9. The van der Waals surface area contributed by atoms with E-state index >= 15 is 0 Å². The van der Waals surface area contributed by atoms with E-state index in [-0.39, 0.29) is 11.8 Å². The molecule has 3 aromatic rings. The van der Waals surface area contributed by atoms with Gasteiger partial charge >= 0.3 is 5.97 Å². The molecular formula is C20H18N4O3. The number of hydrogen-bond donors (Lipinski definition) is 1. The van der Waals surface area contributed by atoms with Gasteiger partial charge in [-0.2, -0.15) is 0 Å². The summed E-state index contributed by atoms with van der Waals surface area (Å²) in [6.45, 7) is 3.85. The number of ether oxygens (including phenoxy) is 1. The molecule has 1 atom stereocenters. The van der Waals surface area contributed by atoms with Crippen molar-refractivity contribution in [1.29, 1.82) is 0 Å². The first-order valence-electron chi connectivity index (χ1n) is 8.72. The number of hydrogen-bond acceptors (Lipinski definition) is 6. The summed E-state index contributed by atoms with van der Waals surface area (Å²) in [5, 5.41) is 3.18. The Kier molecular flexibility index (Phi) is 4.19. The average Bonchev–Trinajstić information content (AvgIpc) is 2.99. The molecule has 0 unspecified atom stereocenters. The lowest BCUT2D eigenvalue weighted by molar-refractivity contribution is 0.0526. The number of benzene rings is 1. The second-order valence-electron chi connectivity index (χ2n) is 6.18. The predicted octanol–water partition coefficient (Wildman–Crippen LogP) is 2.95. The molecule has 3 heterocycles. The zero-order chi connectivity index (χ0) is 19.0. The maximum atomic E-state index is 12.8. The first-order valence-corrected chi connectivity index (χ1v) is 8.72. The van der Waals surface area contributed by atoms with E-state index in [1.54, 1.807) is 42.5 Å². The quantitative estimate of drug-likeness (QED) is 0.724. The Labute approximate surface area is 155 Å². The molecule has 27 heavy (non-hydrogen) atoms. The zero-order valence-electron chi connectivity index (χ0n) is 15.0. The van der Waals surface area contributed by atoms with Gasteiger partial charge in [0.15, 0.2) is 5.82 Å². The number of ketones is 1. The van der Waals surface area contributed by atoms with Gasteiger partial charge in [-0.3, -0.25) is 14.2 Å². The summed E-state index contributed by atoms with van der Waals surface area (Å²) in [6.07, 6.45) is 1.81. The van der Waals surface area contributed by atoms with Crippen molar-refractivity contribution >= 4 is 29.1 Å². The molecule has 7 heteroatoms. The van der Waals surface area contributed by atoms with Crippen LogP contribution in [0.4, 0.5) is 5.82 Å². The SMILES string of the molecule is CCOC(=O)c1ccc(C2=N[C@@H](C)C(=O)c3c(nc4ccccn34)N2)cc1. The van der Waals surface area contributed by atoms with Crippen LogP contribution in [0.1, 0.15) is 40.3 Å². The number of fused-ring (bicyclic) bond motifs is 3. The fourth-order valence-corrected chi connectivity index (χ4v) is 3.04. The van der Waals surface area contributed by atoms with E-state index in [1.165, 1.54) is 0 Å². The summed E-state index contributed by atoms with van der Waals surface area (Å²) in [5.74, 6) is 0.539. The highest BCUT2D eigenvalue weighted by atomic mass is 16.5. The molecule has 0 saturated heterocycles. The number of esters is 1. The molecule has 0 fully saturated rings. The number of pyridine rings is 1. The highest BCUT2D eigenvalue weighted by Crippen LogP contribution is 2.24. The smallest absolute Gasteiger partial charge is 0.338 e. The van der Waals surface area contributed by atoms with Gasteiger partial charge in [0.05, 0.1) is 12.2 Å². The molecule has 1 aliphatic heterocycles. The van der Waals surface area contributed by atoms with Crippen molar-refractivity contribution in [2.24, 2.45) is 4.99 Å². The molecule has 0 bridgehead atoms. The van der Waals surface area contributed by atoms with Crippen LogP contribution in [0.15, 0.2) is 53.7 Å². The molecule has 1 aliphatic rings. The number of nitrogens with one attached hydrogen (secondary N) is 1. The maximum Gasteiger partial charge on any atom is 0.338 e. The predicted molar refractivity (Wildman–Crippen MR) is 102 cm³/mol. The number of carbonyl (C=O) groups excluding carboxylic acids is 2. The molecule has 0 saturated carbocycles. The summed E-state index contributed by atoms with van der Waals surface area (Å²) in [4.78, 5) is 33.7. The van der Waals surface area contributed by atoms with Gasteiger partial charge in [-0.15, -0.1) is 0 Å². The molecule has 0 amide bonds. The number of carbonyl (C=O) groups is 2. The van der Waals surface area contributed by atoms with Gasteiger partial charge in [0.2, 0.25) is 5.78 Å². The van der Waals surface area contributed by atoms with Gasteiger partial charge in [-0.25, -0.2) is 9.78 Å². The number of aliphatic imine (C=N–C) groups is 1. The number of amidine groups is 1. The molecule has 0 aliphatic carbocycles. The Hall–Kier alpha value is -3.48. The minimum Gasteiger partial charge on any atom is -0.462 e. The van der Waals surface area contributed by atoms with E-state index in [0.717, 1.165) is 5.56 Å². The van der Waals surface area contributed by atoms with Crippen LogP contribution in [0.2, 0.25) is 0 Å². The molecule has 0 spiro atoms. The highest BCUT2D eigenvalue weighted by Gasteiger charge is 2.28. The van der Waals surface area contributed by atoms with Crippen molar-refractivity contribution in [3.05, 3.63) is 65.5 Å². The van der Waals surface area contributed by atoms with Gasteiger partial charge in [-0.1, -0.05) is 18.2 Å². The highest BCUT2D eigenvalue weighted by molar-refractivity contribution is 6.15. The summed E-state index contributed by atoms with van der Waals surface area (Å²) < 4.78 is 6.77. The van der Waals surface area contributed by atoms with Crippen molar-refractivity contribution in [1.82, 2.24) is 9.38 Å². The lowest BCUT2D eigenvalue weighted by Gasteiger charge is -2.08. The Bertz CT molecular complexity index is 1070. The number of nitrogens with zero attached hydrogens (tertiary/aromatic N) is 3. The van der Waals surface area contributed by atoms with Crippen molar-refractivity contribution in [2.75, 3.05) is 11.9 Å². The standard InChI is InChI=1S/C20H18N4O3/c1-3-27-20(26)14-9-7-13(8-10-14)18-21-12(2)17(25)16-19(23-18)22-15-6-4-5-11-24(15)16/h4-12H,3H2,1-2H3,(H,21,23)/t12-/m0/s1. The van der Waals surface area contributed by atoms with Crippen molar-refractivity contribution < 1.29 is 14.3 Å². The molecule has 2 aromatic heterocycles. The van der Waals surface area contributed by atoms with Crippen LogP contribution >= 0.6 is 0 Å². The van der Waals surface area contributed by atoms with Gasteiger partial charge in [-0.05, 0) is 38.1 Å². The van der Waals surface area contributed by atoms with Crippen LogP contribution in [0.25, 0.3) is 5.65 Å². The van der Waals surface area contributed by atoms with Crippen molar-refractivity contribution in [2.45, 2.75) is 19.9 Å². The van der Waals surface area contributed by atoms with E-state index in [0.29, 0.717) is 35.2 Å². The number of anilines is 1. The van der Waals surface area contributed by atoms with Gasteiger partial charge < -0.3 is 10.1 Å². The van der Waals surface area contributed by atoms with Crippen LogP contribution in [0, 0.1) is 0 Å². The van der Waals surface area contributed by atoms with Crippen molar-refractivity contribution in [3.8, 4) is 0 Å². The fraction of sp³-hybridized carbons (Fsp3) is 0.200. The third kappa shape index (κ3) is 2.97. The lowest BCUT2D eigenvalue weighted by atomic mass is 10.1. The molecular weight excluding hydrogens is 344 g/mol. The van der Waals surface area contributed by atoms with Crippen LogP contribution < -0.4 is 5.32 Å². The topological polar surface area (TPSA) is 85.1 Å². The van der Waals surface area contributed by atoms with Crippen LogP contribution in [-0.4, -0.2) is 39.6 Å². The fourth-order valence-electron chi connectivity index (χ4n) is 3.04. The van der Waals surface area contributed by atoms with Crippen molar-refractivity contribution in [3.63, 3.8) is 0 Å². The van der Waals surface area contributed by atoms with Gasteiger partial charge in [0.25, 0.3) is 0 Å². The van der Waals surface area contributed by atoms with E-state index in [2.05, 4.69) is 15.3 Å². The molecule has 0 radical (unpaired) electrons. The zero-order valence-corrected chi connectivity index (χ0v) is 15.0. The van der Waals surface area contributed by atoms with Crippen LogP contribution in [0.3, 0.4) is 0 Å². The number of imidazole rings is 1.